The number of primary amides is 1. The number of hydrogen-bond acceptors (Lipinski definition) is 4. The van der Waals surface area contributed by atoms with Crippen LogP contribution in [0.3, 0.4) is 0 Å². The van der Waals surface area contributed by atoms with Crippen LogP contribution < -0.4 is 57.1 Å². The Labute approximate surface area is 131 Å². The molecule has 1 atom stereocenters. The average molecular weight is 248 g/mol. The third kappa shape index (κ3) is 23.1. The summed E-state index contributed by atoms with van der Waals surface area (Å²) < 4.78 is 23.2. The molecule has 0 fully saturated rings. The van der Waals surface area contributed by atoms with E-state index in [1.165, 1.54) is 0 Å². The molecule has 0 aliphatic heterocycles. The fourth-order valence-electron chi connectivity index (χ4n) is 0.151. The van der Waals surface area contributed by atoms with Crippen LogP contribution in [0.15, 0.2) is 12.2 Å². The zero-order valence-corrected chi connectivity index (χ0v) is 12.7. The normalized spacial score (nSPS) is 10.2. The van der Waals surface area contributed by atoms with E-state index >= 15 is 0 Å². The van der Waals surface area contributed by atoms with Crippen molar-refractivity contribution in [2.45, 2.75) is 20.3 Å². The molecule has 0 saturated carbocycles. The predicted octanol–water partition coefficient (Wildman–Crippen LogP) is -2.63. The molecule has 2 N–H and O–H groups in total. The van der Waals surface area contributed by atoms with E-state index in [4.69, 9.17) is 5.73 Å². The maximum atomic E-state index is 9.82. The fourth-order valence-corrected chi connectivity index (χ4v) is 0.454. The van der Waals surface area contributed by atoms with Crippen molar-refractivity contribution < 1.29 is 70.6 Å². The summed E-state index contributed by atoms with van der Waals surface area (Å²) in [6.45, 7) is 6.98. The van der Waals surface area contributed by atoms with Crippen molar-refractivity contribution in [3.63, 3.8) is 0 Å². The maximum Gasteiger partial charge on any atom is 1.00 e. The van der Waals surface area contributed by atoms with Crippen molar-refractivity contribution in [1.82, 2.24) is 0 Å². The van der Waals surface area contributed by atoms with Crippen molar-refractivity contribution >= 4 is 17.3 Å². The summed E-state index contributed by atoms with van der Waals surface area (Å²) in [4.78, 5) is 9.82. The Kier molecular flexibility index (Phi) is 20.2. The van der Waals surface area contributed by atoms with Crippen LogP contribution in [0.25, 0.3) is 0 Å². The molecule has 7 heteroatoms. The Morgan fingerprint density at radius 1 is 1.71 bits per heavy atom. The average Bonchev–Trinajstić information content (AvgIpc) is 2.01. The first-order chi connectivity index (χ1) is 5.91. The molecule has 0 aliphatic carbocycles. The number of nitrogens with two attached hydrogens (primary N) is 1. The third-order valence-electron chi connectivity index (χ3n) is 0.804. The van der Waals surface area contributed by atoms with Gasteiger partial charge in [0.15, 0.2) is 0 Å². The first-order valence-corrected chi connectivity index (χ1v) is 4.59. The van der Waals surface area contributed by atoms with Gasteiger partial charge in [0.1, 0.15) is 0 Å². The van der Waals surface area contributed by atoms with Crippen LogP contribution in [0.2, 0.25) is 0 Å². The zero-order chi connectivity index (χ0) is 10.9. The zero-order valence-electron chi connectivity index (χ0n) is 9.74. The summed E-state index contributed by atoms with van der Waals surface area (Å²) in [5.74, 6) is -0.435. The molecule has 1 unspecified atom stereocenters. The SMILES string of the molecule is C=C(C)C(N)=O.CCCOS(=O)[O-].[H-].[K+]. The van der Waals surface area contributed by atoms with Gasteiger partial charge in [-0.1, -0.05) is 13.5 Å². The number of carbonyl (C=O) groups excluding carboxylic acids is 1. The molecule has 0 bridgehead atoms. The van der Waals surface area contributed by atoms with Crippen LogP contribution in [0.1, 0.15) is 21.7 Å². The van der Waals surface area contributed by atoms with Crippen LogP contribution in [-0.4, -0.2) is 21.3 Å². The predicted molar refractivity (Wildman–Crippen MR) is 50.3 cm³/mol. The molecule has 0 aromatic heterocycles. The quantitative estimate of drug-likeness (QED) is 0.335. The van der Waals surface area contributed by atoms with E-state index in [2.05, 4.69) is 10.8 Å². The molecule has 5 nitrogen and oxygen atoms in total. The van der Waals surface area contributed by atoms with Crippen molar-refractivity contribution in [3.05, 3.63) is 12.2 Å². The van der Waals surface area contributed by atoms with Crippen molar-refractivity contribution in [2.24, 2.45) is 5.73 Å². The minimum Gasteiger partial charge on any atom is -1.00 e. The molecule has 14 heavy (non-hydrogen) atoms. The molecule has 0 aliphatic rings. The largest absolute Gasteiger partial charge is 1.00 e. The van der Waals surface area contributed by atoms with Crippen LogP contribution >= 0.6 is 0 Å². The van der Waals surface area contributed by atoms with E-state index < -0.39 is 17.3 Å². The monoisotopic (exact) mass is 248 g/mol. The molecule has 0 radical (unpaired) electrons. The van der Waals surface area contributed by atoms with Gasteiger partial charge in [-0.15, -0.1) is 0 Å². The summed E-state index contributed by atoms with van der Waals surface area (Å²) in [5, 5.41) is 0. The number of carbonyl (C=O) groups is 1. The van der Waals surface area contributed by atoms with Crippen molar-refractivity contribution in [1.29, 1.82) is 0 Å². The molecular formula is C7H15KNO4S-. The summed E-state index contributed by atoms with van der Waals surface area (Å²) >= 11 is -2.32. The van der Waals surface area contributed by atoms with E-state index in [0.29, 0.717) is 5.57 Å². The van der Waals surface area contributed by atoms with Gasteiger partial charge in [0.25, 0.3) is 0 Å². The fraction of sp³-hybridized carbons (Fsp3) is 0.571. The maximum absolute atomic E-state index is 9.82. The molecule has 0 saturated heterocycles. The summed E-state index contributed by atoms with van der Waals surface area (Å²) in [6.07, 6.45) is 0.730. The number of rotatable bonds is 4. The Balaban J connectivity index is -0.0000000718. The number of hydrogen-bond donors (Lipinski definition) is 1. The van der Waals surface area contributed by atoms with E-state index in [1.54, 1.807) is 6.92 Å². The molecule has 80 valence electrons. The smallest absolute Gasteiger partial charge is 1.00 e. The van der Waals surface area contributed by atoms with E-state index in [0.717, 1.165) is 6.42 Å². The molecule has 0 spiro atoms. The van der Waals surface area contributed by atoms with E-state index in [9.17, 15) is 13.6 Å². The molecule has 0 heterocycles. The second-order valence-electron chi connectivity index (χ2n) is 2.17. The summed E-state index contributed by atoms with van der Waals surface area (Å²) in [6, 6.07) is 0. The molecular weight excluding hydrogens is 233 g/mol. The van der Waals surface area contributed by atoms with Gasteiger partial charge in [-0.3, -0.25) is 4.79 Å². The molecule has 0 aromatic carbocycles. The van der Waals surface area contributed by atoms with Gasteiger partial charge in [-0.25, -0.2) is 4.21 Å². The standard InChI is InChI=1S/C4H7NO.C3H8O3S.K.H/c1-3(2)4(5)6;1-2-3-6-7(4)5;;/h1H2,2H3,(H2,5,6);2-3H2,1H3,(H,4,5);;/q;;+1;-1/p-1. The van der Waals surface area contributed by atoms with Crippen LogP contribution in [0.4, 0.5) is 0 Å². The second kappa shape index (κ2) is 13.9. The Morgan fingerprint density at radius 2 is 2.07 bits per heavy atom. The summed E-state index contributed by atoms with van der Waals surface area (Å²) in [5.41, 5.74) is 5.09. The van der Waals surface area contributed by atoms with Crippen LogP contribution in [0, 0.1) is 0 Å². The molecule has 0 rings (SSSR count). The molecule has 0 aromatic rings. The van der Waals surface area contributed by atoms with E-state index in [-0.39, 0.29) is 59.4 Å². The van der Waals surface area contributed by atoms with Gasteiger partial charge >= 0.3 is 51.4 Å². The number of amides is 1. The second-order valence-corrected chi connectivity index (χ2v) is 2.81. The summed E-state index contributed by atoms with van der Waals surface area (Å²) in [7, 11) is 0. The Bertz CT molecular complexity index is 191. The van der Waals surface area contributed by atoms with E-state index in [1.807, 2.05) is 6.92 Å². The van der Waals surface area contributed by atoms with Gasteiger partial charge in [0.2, 0.25) is 5.91 Å². The minimum absolute atomic E-state index is 0. The van der Waals surface area contributed by atoms with Gasteiger partial charge in [-0.05, 0) is 13.3 Å². The Hall–Kier alpha value is 0.916. The van der Waals surface area contributed by atoms with Gasteiger partial charge in [0.05, 0.1) is 18.0 Å². The molecule has 1 amide bonds. The first kappa shape index (κ1) is 20.3. The van der Waals surface area contributed by atoms with Gasteiger partial charge in [-0.2, -0.15) is 0 Å². The topological polar surface area (TPSA) is 92.5 Å². The van der Waals surface area contributed by atoms with Gasteiger partial charge in [0, 0.05) is 5.57 Å². The third-order valence-corrected chi connectivity index (χ3v) is 1.16. The van der Waals surface area contributed by atoms with Crippen molar-refractivity contribution in [2.75, 3.05) is 6.61 Å². The van der Waals surface area contributed by atoms with Gasteiger partial charge < -0.3 is 15.9 Å². The Morgan fingerprint density at radius 3 is 2.14 bits per heavy atom. The first-order valence-electron chi connectivity index (χ1n) is 3.59. The van der Waals surface area contributed by atoms with Crippen LogP contribution in [0.5, 0.6) is 0 Å². The van der Waals surface area contributed by atoms with Crippen molar-refractivity contribution in [3.8, 4) is 0 Å². The van der Waals surface area contributed by atoms with Crippen LogP contribution in [-0.2, 0) is 20.3 Å². The minimum atomic E-state index is -2.32.